The summed E-state index contributed by atoms with van der Waals surface area (Å²) in [5.74, 6) is -0.0273. The summed E-state index contributed by atoms with van der Waals surface area (Å²) in [6, 6.07) is 13.8. The van der Waals surface area contributed by atoms with Crippen LogP contribution in [0.25, 0.3) is 0 Å². The van der Waals surface area contributed by atoms with E-state index in [0.29, 0.717) is 12.1 Å². The Labute approximate surface area is 126 Å². The van der Waals surface area contributed by atoms with Crippen molar-refractivity contribution in [1.82, 2.24) is 0 Å². The van der Waals surface area contributed by atoms with E-state index in [1.54, 1.807) is 11.9 Å². The number of hydrogen-bond acceptors (Lipinski definition) is 2. The first-order valence-electron chi connectivity index (χ1n) is 6.48. The van der Waals surface area contributed by atoms with E-state index in [-0.39, 0.29) is 11.8 Å². The van der Waals surface area contributed by atoms with Gasteiger partial charge in [0.2, 0.25) is 5.91 Å². The van der Waals surface area contributed by atoms with Crippen LogP contribution in [0.5, 0.6) is 0 Å². The van der Waals surface area contributed by atoms with Crippen LogP contribution >= 0.6 is 15.9 Å². The molecule has 3 rings (SSSR count). The lowest BCUT2D eigenvalue weighted by Gasteiger charge is -2.12. The first-order valence-corrected chi connectivity index (χ1v) is 7.27. The molecule has 1 atom stereocenters. The topological polar surface area (TPSA) is 46.3 Å². The lowest BCUT2D eigenvalue weighted by atomic mass is 9.93. The Bertz CT molecular complexity index is 667. The molecule has 2 aromatic rings. The van der Waals surface area contributed by atoms with Crippen molar-refractivity contribution < 1.29 is 4.79 Å². The Morgan fingerprint density at radius 1 is 1.20 bits per heavy atom. The van der Waals surface area contributed by atoms with Gasteiger partial charge in [0.15, 0.2) is 0 Å². The van der Waals surface area contributed by atoms with Crippen molar-refractivity contribution in [2.45, 2.75) is 12.3 Å². The molecule has 3 nitrogen and oxygen atoms in total. The number of fused-ring (bicyclic) bond motifs is 1. The molecular weight excluding hydrogens is 316 g/mol. The predicted octanol–water partition coefficient (Wildman–Crippen LogP) is 3.33. The van der Waals surface area contributed by atoms with Gasteiger partial charge in [0, 0.05) is 11.5 Å². The molecule has 1 amide bonds. The number of rotatable bonds is 2. The minimum Gasteiger partial charge on any atom is -0.397 e. The Balaban J connectivity index is 1.97. The molecule has 0 aromatic heterocycles. The molecule has 0 saturated carbocycles. The molecule has 1 aliphatic heterocycles. The molecule has 102 valence electrons. The van der Waals surface area contributed by atoms with Gasteiger partial charge in [-0.1, -0.05) is 40.2 Å². The number of likely N-dealkylation sites (N-methyl/N-ethyl adjacent to an activating group) is 1. The summed E-state index contributed by atoms with van der Waals surface area (Å²) >= 11 is 3.42. The molecule has 1 unspecified atom stereocenters. The summed E-state index contributed by atoms with van der Waals surface area (Å²) in [7, 11) is 1.79. The predicted molar refractivity (Wildman–Crippen MR) is 84.9 cm³/mol. The van der Waals surface area contributed by atoms with Gasteiger partial charge in [0.25, 0.3) is 0 Å². The second-order valence-corrected chi connectivity index (χ2v) is 5.98. The van der Waals surface area contributed by atoms with Gasteiger partial charge in [0.1, 0.15) is 0 Å². The summed E-state index contributed by atoms with van der Waals surface area (Å²) in [4.78, 5) is 14.1. The van der Waals surface area contributed by atoms with E-state index in [1.807, 2.05) is 42.5 Å². The third kappa shape index (κ3) is 2.10. The van der Waals surface area contributed by atoms with Crippen LogP contribution in [0.2, 0.25) is 0 Å². The highest BCUT2D eigenvalue weighted by molar-refractivity contribution is 9.10. The number of amides is 1. The smallest absolute Gasteiger partial charge is 0.234 e. The van der Waals surface area contributed by atoms with Gasteiger partial charge < -0.3 is 10.6 Å². The van der Waals surface area contributed by atoms with E-state index in [1.165, 1.54) is 0 Å². The van der Waals surface area contributed by atoms with Crippen LogP contribution in [-0.2, 0) is 11.2 Å². The maximum Gasteiger partial charge on any atom is 0.234 e. The van der Waals surface area contributed by atoms with E-state index in [4.69, 9.17) is 5.73 Å². The van der Waals surface area contributed by atoms with Crippen molar-refractivity contribution in [2.24, 2.45) is 0 Å². The maximum atomic E-state index is 12.4. The van der Waals surface area contributed by atoms with Gasteiger partial charge >= 0.3 is 0 Å². The number of carbonyl (C=O) groups is 1. The lowest BCUT2D eigenvalue weighted by molar-refractivity contribution is -0.119. The molecule has 2 aromatic carbocycles. The van der Waals surface area contributed by atoms with Crippen molar-refractivity contribution >= 4 is 33.2 Å². The molecule has 0 spiro atoms. The van der Waals surface area contributed by atoms with Crippen LogP contribution in [0, 0.1) is 0 Å². The van der Waals surface area contributed by atoms with Gasteiger partial charge in [-0.15, -0.1) is 0 Å². The minimum absolute atomic E-state index is 0.112. The van der Waals surface area contributed by atoms with Crippen LogP contribution in [0.15, 0.2) is 46.9 Å². The molecule has 0 saturated heterocycles. The summed E-state index contributed by atoms with van der Waals surface area (Å²) in [6.07, 6.45) is 0.701. The number of halogens is 1. The summed E-state index contributed by atoms with van der Waals surface area (Å²) in [5, 5.41) is 0. The van der Waals surface area contributed by atoms with E-state index >= 15 is 0 Å². The highest BCUT2D eigenvalue weighted by atomic mass is 79.9. The van der Waals surface area contributed by atoms with Gasteiger partial charge in [0.05, 0.1) is 17.3 Å². The minimum atomic E-state index is -0.139. The normalized spacial score (nSPS) is 17.4. The Morgan fingerprint density at radius 3 is 2.60 bits per heavy atom. The van der Waals surface area contributed by atoms with E-state index < -0.39 is 0 Å². The van der Waals surface area contributed by atoms with Crippen LogP contribution in [0.1, 0.15) is 17.0 Å². The second-order valence-electron chi connectivity index (χ2n) is 5.07. The average Bonchev–Trinajstić information content (AvgIpc) is 2.67. The fourth-order valence-electron chi connectivity index (χ4n) is 2.78. The SMILES string of the molecule is CN1C(=O)C(Cc2ccc(Br)cc2)c2cccc(N)c21. The lowest BCUT2D eigenvalue weighted by Crippen LogP contribution is -2.25. The monoisotopic (exact) mass is 330 g/mol. The number of carbonyl (C=O) groups excluding carboxylic acids is 1. The largest absolute Gasteiger partial charge is 0.397 e. The van der Waals surface area contributed by atoms with Crippen LogP contribution in [0.3, 0.4) is 0 Å². The number of benzene rings is 2. The molecule has 4 heteroatoms. The number of anilines is 2. The first kappa shape index (κ1) is 13.2. The zero-order valence-electron chi connectivity index (χ0n) is 11.1. The van der Waals surface area contributed by atoms with Crippen molar-refractivity contribution in [1.29, 1.82) is 0 Å². The van der Waals surface area contributed by atoms with Gasteiger partial charge in [-0.05, 0) is 35.7 Å². The van der Waals surface area contributed by atoms with Crippen LogP contribution in [-0.4, -0.2) is 13.0 Å². The molecule has 1 heterocycles. The fraction of sp³-hybridized carbons (Fsp3) is 0.188. The van der Waals surface area contributed by atoms with Crippen LogP contribution < -0.4 is 10.6 Å². The molecule has 0 aliphatic carbocycles. The zero-order chi connectivity index (χ0) is 14.3. The maximum absolute atomic E-state index is 12.4. The summed E-state index contributed by atoms with van der Waals surface area (Å²) in [6.45, 7) is 0. The quantitative estimate of drug-likeness (QED) is 0.858. The molecular formula is C16H15BrN2O. The van der Waals surface area contributed by atoms with Gasteiger partial charge in [-0.25, -0.2) is 0 Å². The molecule has 0 fully saturated rings. The Morgan fingerprint density at radius 2 is 1.90 bits per heavy atom. The highest BCUT2D eigenvalue weighted by Gasteiger charge is 2.36. The van der Waals surface area contributed by atoms with Crippen molar-refractivity contribution in [3.05, 3.63) is 58.1 Å². The molecule has 0 bridgehead atoms. The van der Waals surface area contributed by atoms with Gasteiger partial charge in [-0.2, -0.15) is 0 Å². The second kappa shape index (κ2) is 4.94. The number of para-hydroxylation sites is 1. The summed E-state index contributed by atoms with van der Waals surface area (Å²) < 4.78 is 1.04. The third-order valence-electron chi connectivity index (χ3n) is 3.79. The van der Waals surface area contributed by atoms with Crippen molar-refractivity contribution in [3.63, 3.8) is 0 Å². The molecule has 2 N–H and O–H groups in total. The number of nitrogens with zero attached hydrogens (tertiary/aromatic N) is 1. The van der Waals surface area contributed by atoms with E-state index in [9.17, 15) is 4.79 Å². The fourth-order valence-corrected chi connectivity index (χ4v) is 3.04. The Kier molecular flexibility index (Phi) is 3.26. The van der Waals surface area contributed by atoms with E-state index in [0.717, 1.165) is 21.3 Å². The zero-order valence-corrected chi connectivity index (χ0v) is 12.7. The van der Waals surface area contributed by atoms with Crippen LogP contribution in [0.4, 0.5) is 11.4 Å². The summed E-state index contributed by atoms with van der Waals surface area (Å²) in [5.41, 5.74) is 9.70. The van der Waals surface area contributed by atoms with Gasteiger partial charge in [-0.3, -0.25) is 4.79 Å². The molecule has 20 heavy (non-hydrogen) atoms. The number of nitrogen functional groups attached to an aromatic ring is 1. The first-order chi connectivity index (χ1) is 9.58. The van der Waals surface area contributed by atoms with Crippen molar-refractivity contribution in [3.8, 4) is 0 Å². The highest BCUT2D eigenvalue weighted by Crippen LogP contribution is 2.41. The molecule has 0 radical (unpaired) electrons. The average molecular weight is 331 g/mol. The third-order valence-corrected chi connectivity index (χ3v) is 4.32. The molecule has 1 aliphatic rings. The number of hydrogen-bond donors (Lipinski definition) is 1. The number of nitrogens with two attached hydrogens (primary N) is 1. The standard InChI is InChI=1S/C16H15BrN2O/c1-19-15-12(3-2-4-14(15)18)13(16(19)20)9-10-5-7-11(17)8-6-10/h2-8,13H,9,18H2,1H3. The van der Waals surface area contributed by atoms with E-state index in [2.05, 4.69) is 15.9 Å². The Hall–Kier alpha value is -1.81. The van der Waals surface area contributed by atoms with Crippen molar-refractivity contribution in [2.75, 3.05) is 17.7 Å².